The third kappa shape index (κ3) is 2.89. The molecule has 0 fully saturated rings. The molecule has 1 aliphatic rings. The third-order valence-electron chi connectivity index (χ3n) is 3.56. The van der Waals surface area contributed by atoms with Crippen molar-refractivity contribution in [3.8, 4) is 11.5 Å². The number of rotatable bonds is 5. The number of nitrogens with one attached hydrogen (secondary N) is 1. The molecular formula is C15H19N3O2. The number of hydrogen-bond donors (Lipinski definition) is 1. The van der Waals surface area contributed by atoms with E-state index in [1.54, 1.807) is 7.11 Å². The number of aromatic nitrogens is 2. The molecule has 0 radical (unpaired) electrons. The molecule has 5 heteroatoms. The van der Waals surface area contributed by atoms with Gasteiger partial charge >= 0.3 is 0 Å². The highest BCUT2D eigenvalue weighted by atomic mass is 16.5. The van der Waals surface area contributed by atoms with Crippen molar-refractivity contribution in [2.24, 2.45) is 0 Å². The quantitative estimate of drug-likeness (QED) is 0.844. The zero-order chi connectivity index (χ0) is 13.8. The molecule has 0 saturated carbocycles. The molecule has 0 spiro atoms. The van der Waals surface area contributed by atoms with Gasteiger partial charge in [-0.2, -0.15) is 4.98 Å². The Morgan fingerprint density at radius 2 is 2.30 bits per heavy atom. The van der Waals surface area contributed by atoms with Crippen LogP contribution in [0.3, 0.4) is 0 Å². The fourth-order valence-corrected chi connectivity index (χ4v) is 2.46. The van der Waals surface area contributed by atoms with Crippen molar-refractivity contribution in [3.63, 3.8) is 0 Å². The number of benzene rings is 1. The van der Waals surface area contributed by atoms with Crippen LogP contribution >= 0.6 is 0 Å². The summed E-state index contributed by atoms with van der Waals surface area (Å²) in [5.41, 5.74) is 3.73. The number of nitrogens with zero attached hydrogens (tertiary/aromatic N) is 2. The van der Waals surface area contributed by atoms with Crippen molar-refractivity contribution in [1.82, 2.24) is 15.5 Å². The second-order valence-corrected chi connectivity index (χ2v) is 5.02. The standard InChI is InChI=1S/C15H19N3O2/c1-19-8-2-3-14-17-15(20-18-14)12-5-4-11-6-7-16-10-13(11)9-12/h4-5,9,16H,2-3,6-8,10H2,1H3. The highest BCUT2D eigenvalue weighted by Gasteiger charge is 2.13. The highest BCUT2D eigenvalue weighted by Crippen LogP contribution is 2.23. The van der Waals surface area contributed by atoms with Crippen LogP contribution in [-0.4, -0.2) is 30.4 Å². The van der Waals surface area contributed by atoms with E-state index in [1.165, 1.54) is 11.1 Å². The van der Waals surface area contributed by atoms with E-state index < -0.39 is 0 Å². The minimum atomic E-state index is 0.603. The van der Waals surface area contributed by atoms with Crippen LogP contribution in [0.5, 0.6) is 0 Å². The van der Waals surface area contributed by atoms with Crippen LogP contribution in [0.25, 0.3) is 11.5 Å². The maximum atomic E-state index is 5.35. The molecule has 2 aromatic rings. The van der Waals surface area contributed by atoms with Crippen molar-refractivity contribution in [1.29, 1.82) is 0 Å². The van der Waals surface area contributed by atoms with Crippen LogP contribution in [0.15, 0.2) is 22.7 Å². The van der Waals surface area contributed by atoms with Gasteiger partial charge in [0, 0.05) is 32.2 Å². The molecule has 1 N–H and O–H groups in total. The Balaban J connectivity index is 1.75. The first-order valence-electron chi connectivity index (χ1n) is 7.01. The van der Waals surface area contributed by atoms with Gasteiger partial charge < -0.3 is 14.6 Å². The molecule has 0 saturated heterocycles. The second kappa shape index (κ2) is 6.15. The van der Waals surface area contributed by atoms with Gasteiger partial charge in [0.15, 0.2) is 5.82 Å². The maximum Gasteiger partial charge on any atom is 0.257 e. The summed E-state index contributed by atoms with van der Waals surface area (Å²) in [6.07, 6.45) is 2.77. The summed E-state index contributed by atoms with van der Waals surface area (Å²) in [5.74, 6) is 1.35. The Kier molecular flexibility index (Phi) is 4.08. The second-order valence-electron chi connectivity index (χ2n) is 5.02. The zero-order valence-corrected chi connectivity index (χ0v) is 11.7. The van der Waals surface area contributed by atoms with Gasteiger partial charge in [0.05, 0.1) is 0 Å². The van der Waals surface area contributed by atoms with Gasteiger partial charge in [-0.25, -0.2) is 0 Å². The van der Waals surface area contributed by atoms with Crippen LogP contribution in [0, 0.1) is 0 Å². The van der Waals surface area contributed by atoms with Crippen molar-refractivity contribution < 1.29 is 9.26 Å². The largest absolute Gasteiger partial charge is 0.385 e. The first-order chi connectivity index (χ1) is 9.86. The van der Waals surface area contributed by atoms with Gasteiger partial charge in [0.25, 0.3) is 5.89 Å². The summed E-state index contributed by atoms with van der Waals surface area (Å²) in [7, 11) is 1.70. The number of hydrogen-bond acceptors (Lipinski definition) is 5. The molecule has 0 amide bonds. The number of ether oxygens (including phenoxy) is 1. The van der Waals surface area contributed by atoms with Gasteiger partial charge in [-0.05, 0) is 42.6 Å². The van der Waals surface area contributed by atoms with Crippen LogP contribution in [0.4, 0.5) is 0 Å². The Bertz CT molecular complexity index is 580. The third-order valence-corrected chi connectivity index (χ3v) is 3.56. The molecule has 20 heavy (non-hydrogen) atoms. The molecule has 0 unspecified atom stereocenters. The summed E-state index contributed by atoms with van der Waals surface area (Å²) in [5, 5.41) is 7.40. The predicted octanol–water partition coefficient (Wildman–Crippen LogP) is 1.96. The monoisotopic (exact) mass is 273 g/mol. The molecule has 3 rings (SSSR count). The van der Waals surface area contributed by atoms with E-state index in [0.29, 0.717) is 12.5 Å². The fourth-order valence-electron chi connectivity index (χ4n) is 2.46. The normalized spacial score (nSPS) is 14.2. The molecule has 1 aromatic heterocycles. The van der Waals surface area contributed by atoms with Gasteiger partial charge in [-0.3, -0.25) is 0 Å². The lowest BCUT2D eigenvalue weighted by Crippen LogP contribution is -2.23. The Labute approximate surface area is 118 Å². The van der Waals surface area contributed by atoms with Crippen LogP contribution < -0.4 is 5.32 Å². The molecule has 1 aliphatic heterocycles. The summed E-state index contributed by atoms with van der Waals surface area (Å²) < 4.78 is 10.4. The first-order valence-corrected chi connectivity index (χ1v) is 7.01. The summed E-state index contributed by atoms with van der Waals surface area (Å²) in [4.78, 5) is 4.45. The molecule has 106 valence electrons. The number of methoxy groups -OCH3 is 1. The van der Waals surface area contributed by atoms with Gasteiger partial charge in [-0.1, -0.05) is 11.2 Å². The van der Waals surface area contributed by atoms with E-state index in [4.69, 9.17) is 9.26 Å². The topological polar surface area (TPSA) is 60.2 Å². The van der Waals surface area contributed by atoms with Gasteiger partial charge in [0.2, 0.25) is 0 Å². The average molecular weight is 273 g/mol. The van der Waals surface area contributed by atoms with Crippen molar-refractivity contribution in [2.45, 2.75) is 25.8 Å². The van der Waals surface area contributed by atoms with Crippen LogP contribution in [0.2, 0.25) is 0 Å². The van der Waals surface area contributed by atoms with Gasteiger partial charge in [-0.15, -0.1) is 0 Å². The summed E-state index contributed by atoms with van der Waals surface area (Å²) in [6.45, 7) is 2.68. The highest BCUT2D eigenvalue weighted by molar-refractivity contribution is 5.56. The zero-order valence-electron chi connectivity index (χ0n) is 11.7. The average Bonchev–Trinajstić information content (AvgIpc) is 2.96. The summed E-state index contributed by atoms with van der Waals surface area (Å²) >= 11 is 0. The van der Waals surface area contributed by atoms with Crippen molar-refractivity contribution in [3.05, 3.63) is 35.2 Å². The molecule has 0 bridgehead atoms. The maximum absolute atomic E-state index is 5.35. The van der Waals surface area contributed by atoms with Gasteiger partial charge in [0.1, 0.15) is 0 Å². The van der Waals surface area contributed by atoms with E-state index in [-0.39, 0.29) is 0 Å². The Morgan fingerprint density at radius 1 is 1.35 bits per heavy atom. The van der Waals surface area contributed by atoms with E-state index in [0.717, 1.165) is 43.7 Å². The fraction of sp³-hybridized carbons (Fsp3) is 0.467. The van der Waals surface area contributed by atoms with Crippen LogP contribution in [0.1, 0.15) is 23.4 Å². The SMILES string of the molecule is COCCCc1noc(-c2ccc3c(c2)CNCC3)n1. The van der Waals surface area contributed by atoms with E-state index in [2.05, 4.69) is 33.7 Å². The smallest absolute Gasteiger partial charge is 0.257 e. The van der Waals surface area contributed by atoms with Crippen LogP contribution in [-0.2, 0) is 24.1 Å². The van der Waals surface area contributed by atoms with Crippen molar-refractivity contribution >= 4 is 0 Å². The Hall–Kier alpha value is -1.72. The molecule has 5 nitrogen and oxygen atoms in total. The lowest BCUT2D eigenvalue weighted by molar-refractivity contribution is 0.194. The predicted molar refractivity (Wildman–Crippen MR) is 75.3 cm³/mol. The minimum Gasteiger partial charge on any atom is -0.385 e. The van der Waals surface area contributed by atoms with Crippen molar-refractivity contribution in [2.75, 3.05) is 20.3 Å². The molecule has 0 aliphatic carbocycles. The molecule has 0 atom stereocenters. The lowest BCUT2D eigenvalue weighted by atomic mass is 9.98. The minimum absolute atomic E-state index is 0.603. The number of fused-ring (bicyclic) bond motifs is 1. The lowest BCUT2D eigenvalue weighted by Gasteiger charge is -2.16. The number of aryl methyl sites for hydroxylation is 1. The molecule has 2 heterocycles. The Morgan fingerprint density at radius 3 is 3.20 bits per heavy atom. The molecule has 1 aromatic carbocycles. The van der Waals surface area contributed by atoms with E-state index >= 15 is 0 Å². The van der Waals surface area contributed by atoms with E-state index in [1.807, 2.05) is 0 Å². The molecular weight excluding hydrogens is 254 g/mol. The van der Waals surface area contributed by atoms with E-state index in [9.17, 15) is 0 Å². The summed E-state index contributed by atoms with van der Waals surface area (Å²) in [6, 6.07) is 6.38. The first kappa shape index (κ1) is 13.3.